The van der Waals surface area contributed by atoms with E-state index in [0.29, 0.717) is 5.69 Å². The van der Waals surface area contributed by atoms with Crippen molar-refractivity contribution in [3.8, 4) is 0 Å². The lowest BCUT2D eigenvalue weighted by Gasteiger charge is -1.96. The summed E-state index contributed by atoms with van der Waals surface area (Å²) in [6.45, 7) is 3.38. The molecule has 1 aromatic heterocycles. The molecule has 0 atom stereocenters. The van der Waals surface area contributed by atoms with Crippen LogP contribution in [0.1, 0.15) is 5.69 Å². The molecule has 1 aromatic rings. The Morgan fingerprint density at radius 3 is 3.09 bits per heavy atom. The van der Waals surface area contributed by atoms with E-state index in [0.717, 1.165) is 0 Å². The molecule has 0 spiro atoms. The molecule has 0 fully saturated rings. The summed E-state index contributed by atoms with van der Waals surface area (Å²) >= 11 is 0. The van der Waals surface area contributed by atoms with Gasteiger partial charge in [0.15, 0.2) is 6.61 Å². The Morgan fingerprint density at radius 2 is 2.45 bits per heavy atom. The molecule has 1 heterocycles. The average molecular weight is 152 g/mol. The Labute approximate surface area is 63.5 Å². The van der Waals surface area contributed by atoms with Crippen LogP contribution < -0.4 is 5.56 Å². The van der Waals surface area contributed by atoms with Crippen LogP contribution in [0.5, 0.6) is 0 Å². The van der Waals surface area contributed by atoms with E-state index in [1.807, 2.05) is 0 Å². The third-order valence-electron chi connectivity index (χ3n) is 1.14. The van der Waals surface area contributed by atoms with Crippen LogP contribution in [0.25, 0.3) is 0 Å². The molecule has 0 unspecified atom stereocenters. The number of nitrogens with one attached hydrogen (secondary N) is 1. The highest BCUT2D eigenvalue weighted by atomic mass is 16.6. The van der Waals surface area contributed by atoms with Crippen molar-refractivity contribution < 1.29 is 4.84 Å². The third-order valence-corrected chi connectivity index (χ3v) is 1.14. The standard InChI is InChI=1S/C7H8N2O2/c1-8-11-5-6-3-2-4-7(10)9-6/h2-4H,1,5H2,(H,9,10). The zero-order valence-electron chi connectivity index (χ0n) is 5.91. The molecule has 0 amide bonds. The Bertz CT molecular complexity index is 292. The van der Waals surface area contributed by atoms with Gasteiger partial charge in [-0.1, -0.05) is 6.07 Å². The zero-order chi connectivity index (χ0) is 8.10. The molecule has 4 heteroatoms. The minimum atomic E-state index is -0.143. The molecule has 0 radical (unpaired) electrons. The van der Waals surface area contributed by atoms with Crippen molar-refractivity contribution in [1.29, 1.82) is 0 Å². The van der Waals surface area contributed by atoms with E-state index >= 15 is 0 Å². The summed E-state index contributed by atoms with van der Waals surface area (Å²) < 4.78 is 0. The smallest absolute Gasteiger partial charge is 0.248 e. The Balaban J connectivity index is 2.71. The summed E-state index contributed by atoms with van der Waals surface area (Å²) in [6.07, 6.45) is 0. The molecule has 0 aliphatic heterocycles. The first-order valence-corrected chi connectivity index (χ1v) is 3.09. The Kier molecular flexibility index (Phi) is 2.43. The largest absolute Gasteiger partial charge is 0.390 e. The van der Waals surface area contributed by atoms with E-state index in [-0.39, 0.29) is 12.2 Å². The van der Waals surface area contributed by atoms with Crippen molar-refractivity contribution in [2.24, 2.45) is 5.16 Å². The Morgan fingerprint density at radius 1 is 1.64 bits per heavy atom. The number of H-pyrrole nitrogens is 1. The molecule has 0 aromatic carbocycles. The van der Waals surface area contributed by atoms with Crippen LogP contribution in [0.3, 0.4) is 0 Å². The van der Waals surface area contributed by atoms with Gasteiger partial charge in [0.05, 0.1) is 5.69 Å². The van der Waals surface area contributed by atoms with Gasteiger partial charge in [0.1, 0.15) is 0 Å². The molecule has 0 aliphatic carbocycles. The summed E-state index contributed by atoms with van der Waals surface area (Å²) in [4.78, 5) is 17.9. The molecule has 58 valence electrons. The molecule has 11 heavy (non-hydrogen) atoms. The van der Waals surface area contributed by atoms with E-state index in [4.69, 9.17) is 0 Å². The van der Waals surface area contributed by atoms with Gasteiger partial charge in [0, 0.05) is 12.8 Å². The number of aromatic amines is 1. The van der Waals surface area contributed by atoms with E-state index < -0.39 is 0 Å². The summed E-state index contributed by atoms with van der Waals surface area (Å²) in [7, 11) is 0. The van der Waals surface area contributed by atoms with Crippen LogP contribution >= 0.6 is 0 Å². The molecular weight excluding hydrogens is 144 g/mol. The fourth-order valence-corrected chi connectivity index (χ4v) is 0.693. The second kappa shape index (κ2) is 3.55. The van der Waals surface area contributed by atoms with Gasteiger partial charge >= 0.3 is 0 Å². The first-order valence-electron chi connectivity index (χ1n) is 3.09. The minimum absolute atomic E-state index is 0.143. The molecule has 0 aliphatic rings. The van der Waals surface area contributed by atoms with Crippen molar-refractivity contribution in [3.05, 3.63) is 34.2 Å². The number of oxime groups is 1. The van der Waals surface area contributed by atoms with Crippen molar-refractivity contribution in [2.75, 3.05) is 0 Å². The number of pyridine rings is 1. The quantitative estimate of drug-likeness (QED) is 0.506. The highest BCUT2D eigenvalue weighted by Crippen LogP contribution is 1.92. The van der Waals surface area contributed by atoms with Crippen molar-refractivity contribution in [2.45, 2.75) is 6.61 Å². The lowest BCUT2D eigenvalue weighted by atomic mass is 10.4. The molecule has 4 nitrogen and oxygen atoms in total. The number of rotatable bonds is 3. The minimum Gasteiger partial charge on any atom is -0.390 e. The van der Waals surface area contributed by atoms with Gasteiger partial charge < -0.3 is 9.82 Å². The zero-order valence-corrected chi connectivity index (χ0v) is 5.91. The van der Waals surface area contributed by atoms with Gasteiger partial charge in [-0.15, -0.1) is 5.16 Å². The van der Waals surface area contributed by atoms with E-state index in [1.54, 1.807) is 12.1 Å². The molecule has 0 saturated heterocycles. The molecule has 0 saturated carbocycles. The molecule has 0 bridgehead atoms. The number of hydrogen-bond donors (Lipinski definition) is 1. The highest BCUT2D eigenvalue weighted by molar-refractivity contribution is 5.21. The maximum atomic E-state index is 10.7. The summed E-state index contributed by atoms with van der Waals surface area (Å²) in [5.74, 6) is 0. The third kappa shape index (κ3) is 2.25. The van der Waals surface area contributed by atoms with E-state index in [9.17, 15) is 4.79 Å². The SMILES string of the molecule is C=NOCc1cccc(=O)[nH]1. The van der Waals surface area contributed by atoms with Crippen molar-refractivity contribution >= 4 is 6.72 Å². The maximum absolute atomic E-state index is 10.7. The van der Waals surface area contributed by atoms with Crippen molar-refractivity contribution in [3.63, 3.8) is 0 Å². The second-order valence-electron chi connectivity index (χ2n) is 1.94. The van der Waals surface area contributed by atoms with Crippen LogP contribution in [0.4, 0.5) is 0 Å². The average Bonchev–Trinajstić information content (AvgIpc) is 2.01. The number of nitrogens with zero attached hydrogens (tertiary/aromatic N) is 1. The first-order chi connectivity index (χ1) is 5.33. The number of hydrogen-bond acceptors (Lipinski definition) is 3. The fourth-order valence-electron chi connectivity index (χ4n) is 0.693. The predicted octanol–water partition coefficient (Wildman–Crippen LogP) is 0.507. The monoisotopic (exact) mass is 152 g/mol. The summed E-state index contributed by atoms with van der Waals surface area (Å²) in [5.41, 5.74) is 0.542. The molecule has 1 N–H and O–H groups in total. The fraction of sp³-hybridized carbons (Fsp3) is 0.143. The highest BCUT2D eigenvalue weighted by Gasteiger charge is 1.90. The predicted molar refractivity (Wildman–Crippen MR) is 41.4 cm³/mol. The van der Waals surface area contributed by atoms with Gasteiger partial charge in [-0.25, -0.2) is 0 Å². The lowest BCUT2D eigenvalue weighted by molar-refractivity contribution is 0.130. The van der Waals surface area contributed by atoms with Crippen LogP contribution in [-0.2, 0) is 11.4 Å². The summed E-state index contributed by atoms with van der Waals surface area (Å²) in [6, 6.07) is 4.83. The topological polar surface area (TPSA) is 54.4 Å². The van der Waals surface area contributed by atoms with Crippen molar-refractivity contribution in [1.82, 2.24) is 4.98 Å². The second-order valence-corrected chi connectivity index (χ2v) is 1.94. The molecular formula is C7H8N2O2. The number of aromatic nitrogens is 1. The Hall–Kier alpha value is -1.58. The van der Waals surface area contributed by atoms with Crippen LogP contribution in [0.2, 0.25) is 0 Å². The maximum Gasteiger partial charge on any atom is 0.248 e. The first kappa shape index (κ1) is 7.53. The lowest BCUT2D eigenvalue weighted by Crippen LogP contribution is -2.06. The van der Waals surface area contributed by atoms with Gasteiger partial charge in [0.2, 0.25) is 5.56 Å². The van der Waals surface area contributed by atoms with E-state index in [1.165, 1.54) is 6.07 Å². The van der Waals surface area contributed by atoms with E-state index in [2.05, 4.69) is 21.7 Å². The van der Waals surface area contributed by atoms with Gasteiger partial charge in [-0.2, -0.15) is 0 Å². The normalized spacial score (nSPS) is 9.09. The van der Waals surface area contributed by atoms with Gasteiger partial charge in [0.25, 0.3) is 0 Å². The van der Waals surface area contributed by atoms with Crippen LogP contribution in [0.15, 0.2) is 28.1 Å². The van der Waals surface area contributed by atoms with Crippen LogP contribution in [0, 0.1) is 0 Å². The van der Waals surface area contributed by atoms with Gasteiger partial charge in [-0.05, 0) is 6.07 Å². The molecule has 1 rings (SSSR count). The van der Waals surface area contributed by atoms with Gasteiger partial charge in [-0.3, -0.25) is 4.79 Å². The summed E-state index contributed by atoms with van der Waals surface area (Å²) in [5, 5.41) is 3.19. The van der Waals surface area contributed by atoms with Crippen LogP contribution in [-0.4, -0.2) is 11.7 Å².